The number of nitrogens with one attached hydrogen (secondary N) is 1. The van der Waals surface area contributed by atoms with Gasteiger partial charge in [0, 0.05) is 25.6 Å². The summed E-state index contributed by atoms with van der Waals surface area (Å²) in [5.74, 6) is -0.753. The van der Waals surface area contributed by atoms with E-state index in [9.17, 15) is 18.8 Å². The second kappa shape index (κ2) is 12.5. The highest BCUT2D eigenvalue weighted by Crippen LogP contribution is 2.32. The summed E-state index contributed by atoms with van der Waals surface area (Å²) < 4.78 is 13.7. The molecule has 4 amide bonds. The van der Waals surface area contributed by atoms with Crippen molar-refractivity contribution in [3.63, 3.8) is 0 Å². The Hall–Kier alpha value is -4.76. The van der Waals surface area contributed by atoms with Crippen molar-refractivity contribution in [2.75, 3.05) is 13.1 Å². The Morgan fingerprint density at radius 3 is 2.36 bits per heavy atom. The first-order valence-electron chi connectivity index (χ1n) is 15.0. The van der Waals surface area contributed by atoms with Gasteiger partial charge >= 0.3 is 6.03 Å². The van der Waals surface area contributed by atoms with Crippen molar-refractivity contribution in [2.45, 2.75) is 51.6 Å². The van der Waals surface area contributed by atoms with E-state index in [1.165, 1.54) is 12.1 Å². The van der Waals surface area contributed by atoms with Crippen LogP contribution in [0.4, 0.5) is 9.18 Å². The molecule has 0 aliphatic carbocycles. The molecule has 0 unspecified atom stereocenters. The van der Waals surface area contributed by atoms with Crippen LogP contribution in [0.2, 0.25) is 0 Å². The molecule has 44 heavy (non-hydrogen) atoms. The second-order valence-electron chi connectivity index (χ2n) is 11.7. The van der Waals surface area contributed by atoms with E-state index in [0.717, 1.165) is 27.5 Å². The summed E-state index contributed by atoms with van der Waals surface area (Å²) in [6.07, 6.45) is -0.311. The number of hydrogen-bond donors (Lipinski definition) is 1. The van der Waals surface area contributed by atoms with Crippen LogP contribution in [-0.2, 0) is 29.1 Å². The highest BCUT2D eigenvalue weighted by atomic mass is 19.1. The number of benzene rings is 4. The second-order valence-corrected chi connectivity index (χ2v) is 11.7. The number of carbonyl (C=O) groups excluding carboxylic acids is 3. The van der Waals surface area contributed by atoms with Gasteiger partial charge in [0.1, 0.15) is 18.0 Å². The van der Waals surface area contributed by atoms with Crippen LogP contribution in [-0.4, -0.2) is 69.0 Å². The minimum Gasteiger partial charge on any atom is -0.333 e. The molecular weight excluding hydrogens is 557 g/mol. The first kappa shape index (κ1) is 29.3. The molecule has 0 radical (unpaired) electrons. The SMILES string of the molecule is CC(C)N(C(=O)NCc1ccccc1)N1CC(=O)N2[C@@H](Cc3ccc(F)cc3)C(=O)N(Cc3cccc4ccccc34)C[C@@H]21. The Balaban J connectivity index is 1.32. The van der Waals surface area contributed by atoms with Gasteiger partial charge in [0.15, 0.2) is 0 Å². The lowest BCUT2D eigenvalue weighted by Crippen LogP contribution is -2.66. The predicted octanol–water partition coefficient (Wildman–Crippen LogP) is 4.94. The van der Waals surface area contributed by atoms with Gasteiger partial charge in [0.2, 0.25) is 11.8 Å². The Morgan fingerprint density at radius 1 is 0.909 bits per heavy atom. The molecule has 2 atom stereocenters. The highest BCUT2D eigenvalue weighted by molar-refractivity contribution is 5.92. The van der Waals surface area contributed by atoms with E-state index in [1.54, 1.807) is 32.0 Å². The third kappa shape index (κ3) is 5.88. The summed E-state index contributed by atoms with van der Waals surface area (Å²) in [6.45, 7) is 4.73. The van der Waals surface area contributed by atoms with Gasteiger partial charge in [-0.1, -0.05) is 84.9 Å². The molecule has 2 aliphatic rings. The Bertz CT molecular complexity index is 1660. The summed E-state index contributed by atoms with van der Waals surface area (Å²) in [5.41, 5.74) is 2.72. The van der Waals surface area contributed by atoms with Gasteiger partial charge in [0.25, 0.3) is 0 Å². The number of halogens is 1. The molecule has 0 saturated carbocycles. The van der Waals surface area contributed by atoms with Gasteiger partial charge in [-0.05, 0) is 53.4 Å². The van der Waals surface area contributed by atoms with Crippen LogP contribution < -0.4 is 5.32 Å². The van der Waals surface area contributed by atoms with E-state index in [4.69, 9.17) is 0 Å². The quantitative estimate of drug-likeness (QED) is 0.314. The van der Waals surface area contributed by atoms with Crippen LogP contribution in [0, 0.1) is 5.82 Å². The lowest BCUT2D eigenvalue weighted by molar-refractivity contribution is -0.158. The van der Waals surface area contributed by atoms with Crippen LogP contribution >= 0.6 is 0 Å². The number of hydrogen-bond acceptors (Lipinski definition) is 4. The summed E-state index contributed by atoms with van der Waals surface area (Å²) in [7, 11) is 0. The van der Waals surface area contributed by atoms with E-state index in [0.29, 0.717) is 13.1 Å². The van der Waals surface area contributed by atoms with Crippen molar-refractivity contribution in [3.8, 4) is 0 Å². The van der Waals surface area contributed by atoms with Gasteiger partial charge < -0.3 is 15.1 Å². The van der Waals surface area contributed by atoms with Crippen molar-refractivity contribution < 1.29 is 18.8 Å². The van der Waals surface area contributed by atoms with Gasteiger partial charge in [-0.15, -0.1) is 0 Å². The molecule has 2 aliphatic heterocycles. The standard InChI is InChI=1S/C35H36FN5O3/c1-24(2)41(35(44)37-20-26-9-4-3-5-10-26)39-23-33(42)40-31(19-25-15-17-29(36)18-16-25)34(43)38(22-32(39)40)21-28-13-8-12-27-11-6-7-14-30(27)28/h3-18,24,31-32H,19-23H2,1-2H3,(H,37,44)/t31-,32+/m0/s1. The maximum atomic E-state index is 14.2. The van der Waals surface area contributed by atoms with E-state index < -0.39 is 12.2 Å². The van der Waals surface area contributed by atoms with Crippen LogP contribution in [0.25, 0.3) is 10.8 Å². The van der Waals surface area contributed by atoms with Crippen LogP contribution in [0.1, 0.15) is 30.5 Å². The van der Waals surface area contributed by atoms with Crippen LogP contribution in [0.3, 0.4) is 0 Å². The molecule has 0 bridgehead atoms. The highest BCUT2D eigenvalue weighted by Gasteiger charge is 2.52. The van der Waals surface area contributed by atoms with Crippen molar-refractivity contribution in [3.05, 3.63) is 120 Å². The monoisotopic (exact) mass is 593 g/mol. The summed E-state index contributed by atoms with van der Waals surface area (Å²) in [5, 5.41) is 8.55. The van der Waals surface area contributed by atoms with Crippen LogP contribution in [0.5, 0.6) is 0 Å². The summed E-state index contributed by atoms with van der Waals surface area (Å²) in [6, 6.07) is 28.4. The first-order valence-corrected chi connectivity index (χ1v) is 15.0. The average Bonchev–Trinajstić information content (AvgIpc) is 3.34. The van der Waals surface area contributed by atoms with Gasteiger partial charge in [-0.3, -0.25) is 14.6 Å². The first-order chi connectivity index (χ1) is 21.3. The third-order valence-corrected chi connectivity index (χ3v) is 8.41. The minimum absolute atomic E-state index is 0.0308. The van der Waals surface area contributed by atoms with Crippen molar-refractivity contribution in [2.24, 2.45) is 0 Å². The Morgan fingerprint density at radius 2 is 1.61 bits per heavy atom. The van der Waals surface area contributed by atoms with Gasteiger partial charge in [-0.25, -0.2) is 9.18 Å². The van der Waals surface area contributed by atoms with Gasteiger partial charge in [-0.2, -0.15) is 5.01 Å². The number of hydrazine groups is 1. The number of amides is 4. The zero-order chi connectivity index (χ0) is 30.8. The summed E-state index contributed by atoms with van der Waals surface area (Å²) >= 11 is 0. The average molecular weight is 594 g/mol. The normalized spacial score (nSPS) is 18.6. The molecule has 8 nitrogen and oxygen atoms in total. The molecule has 6 rings (SSSR count). The van der Waals surface area contributed by atoms with Crippen molar-refractivity contribution >= 4 is 28.6 Å². The third-order valence-electron chi connectivity index (χ3n) is 8.41. The molecule has 4 aromatic rings. The molecule has 226 valence electrons. The van der Waals surface area contributed by atoms with Crippen molar-refractivity contribution in [1.82, 2.24) is 25.1 Å². The van der Waals surface area contributed by atoms with Crippen molar-refractivity contribution in [1.29, 1.82) is 0 Å². The molecule has 2 saturated heterocycles. The number of urea groups is 1. The Kier molecular flexibility index (Phi) is 8.30. The van der Waals surface area contributed by atoms with Gasteiger partial charge in [0.05, 0.1) is 13.1 Å². The lowest BCUT2D eigenvalue weighted by atomic mass is 9.99. The lowest BCUT2D eigenvalue weighted by Gasteiger charge is -2.47. The smallest absolute Gasteiger partial charge is 0.332 e. The fraction of sp³-hybridized carbons (Fsp3) is 0.286. The summed E-state index contributed by atoms with van der Waals surface area (Å²) in [4.78, 5) is 44.9. The molecular formula is C35H36FN5O3. The van der Waals surface area contributed by atoms with E-state index in [-0.39, 0.29) is 49.2 Å². The zero-order valence-electron chi connectivity index (χ0n) is 24.9. The molecule has 0 spiro atoms. The zero-order valence-corrected chi connectivity index (χ0v) is 24.9. The topological polar surface area (TPSA) is 76.2 Å². The number of fused-ring (bicyclic) bond motifs is 2. The molecule has 2 fully saturated rings. The molecule has 4 aromatic carbocycles. The van der Waals surface area contributed by atoms with E-state index >= 15 is 0 Å². The number of rotatable bonds is 8. The molecule has 0 aromatic heterocycles. The number of piperazine rings is 1. The predicted molar refractivity (Wildman–Crippen MR) is 166 cm³/mol. The van der Waals surface area contributed by atoms with E-state index in [2.05, 4.69) is 5.32 Å². The number of carbonyl (C=O) groups is 3. The largest absolute Gasteiger partial charge is 0.333 e. The minimum atomic E-state index is -0.798. The van der Waals surface area contributed by atoms with E-state index in [1.807, 2.05) is 86.6 Å². The molecule has 2 heterocycles. The maximum Gasteiger partial charge on any atom is 0.332 e. The van der Waals surface area contributed by atoms with Crippen LogP contribution in [0.15, 0.2) is 97.1 Å². The molecule has 1 N–H and O–H groups in total. The Labute approximate surface area is 256 Å². The fourth-order valence-corrected chi connectivity index (χ4v) is 6.35. The maximum absolute atomic E-state index is 14.2. The molecule has 9 heteroatoms. The fourth-order valence-electron chi connectivity index (χ4n) is 6.35. The number of nitrogens with zero attached hydrogens (tertiary/aromatic N) is 4.